The van der Waals surface area contributed by atoms with Gasteiger partial charge >= 0.3 is 23.9 Å². The number of phenolic OH excluding ortho intramolecular Hbond substituents is 1. The Bertz CT molecular complexity index is 3050. The van der Waals surface area contributed by atoms with Crippen molar-refractivity contribution in [1.82, 2.24) is 0 Å². The third kappa shape index (κ3) is 11.2. The fourth-order valence-corrected chi connectivity index (χ4v) is 6.66. The number of carbonyl (C=O) groups is 5. The van der Waals surface area contributed by atoms with Crippen LogP contribution in [-0.4, -0.2) is 130 Å². The number of aliphatic hydroxyl groups excluding tert-OH is 2. The molecule has 346 valence electrons. The first kappa shape index (κ1) is 47.8. The van der Waals surface area contributed by atoms with Crippen LogP contribution < -0.4 is 19.2 Å². The fourth-order valence-electron chi connectivity index (χ4n) is 6.01. The van der Waals surface area contributed by atoms with Gasteiger partial charge in [0, 0.05) is 23.7 Å². The number of hydrogen-bond acceptors (Lipinski definition) is 19. The van der Waals surface area contributed by atoms with E-state index in [-0.39, 0.29) is 80.7 Å². The third-order valence-electron chi connectivity index (χ3n) is 9.03. The van der Waals surface area contributed by atoms with Gasteiger partial charge in [0.05, 0.1) is 30.0 Å². The number of amides is 1. The lowest BCUT2D eigenvalue weighted by atomic mass is 10.1. The zero-order chi connectivity index (χ0) is 48.6. The SMILES string of the molecule is O=C(O)COc1cc(C(=O)O)ccc1/N=N/c1cc(OCCO)c(/N=N/c2c(S(=O)(=O)O)cc3cc(/C=N/C4C(=O)N(c5ccc(C(=O)O)cc5)N=C4C(=O)O)ccc3c2O)cc1OCCO. The Morgan fingerprint density at radius 3 is 1.85 bits per heavy atom. The Balaban J connectivity index is 1.36. The molecule has 6 rings (SSSR count). The summed E-state index contributed by atoms with van der Waals surface area (Å²) in [5, 5.41) is 88.5. The summed E-state index contributed by atoms with van der Waals surface area (Å²) in [7, 11) is -5.19. The lowest BCUT2D eigenvalue weighted by Gasteiger charge is -2.13. The van der Waals surface area contributed by atoms with Gasteiger partial charge in [-0.1, -0.05) is 6.07 Å². The maximum absolute atomic E-state index is 13.3. The van der Waals surface area contributed by atoms with Gasteiger partial charge in [0.15, 0.2) is 24.1 Å². The normalized spacial score (nSPS) is 14.0. The number of carboxylic acid groups (broad SMARTS) is 4. The summed E-state index contributed by atoms with van der Waals surface area (Å²) in [5.41, 5.74) is -2.05. The Labute approximate surface area is 375 Å². The predicted molar refractivity (Wildman–Crippen MR) is 229 cm³/mol. The monoisotopic (exact) mass is 943 g/mol. The fraction of sp³-hybridized carbons (Fsp3) is 0.146. The average Bonchev–Trinajstić information content (AvgIpc) is 3.63. The van der Waals surface area contributed by atoms with Crippen molar-refractivity contribution in [3.8, 4) is 23.0 Å². The number of aromatic hydroxyl groups is 1. The number of aromatic carboxylic acids is 2. The van der Waals surface area contributed by atoms with Crippen LogP contribution >= 0.6 is 0 Å². The molecule has 5 aromatic carbocycles. The summed E-state index contributed by atoms with van der Waals surface area (Å²) in [4.78, 5) is 62.4. The second-order valence-corrected chi connectivity index (χ2v) is 14.9. The van der Waals surface area contributed by atoms with Crippen molar-refractivity contribution in [2.24, 2.45) is 30.6 Å². The number of rotatable bonds is 20. The Morgan fingerprint density at radius 1 is 0.701 bits per heavy atom. The highest BCUT2D eigenvalue weighted by Crippen LogP contribution is 2.45. The van der Waals surface area contributed by atoms with E-state index >= 15 is 0 Å². The number of ether oxygens (including phenoxy) is 3. The van der Waals surface area contributed by atoms with Crippen molar-refractivity contribution >= 4 is 91.0 Å². The van der Waals surface area contributed by atoms with Crippen LogP contribution in [0.3, 0.4) is 0 Å². The first-order chi connectivity index (χ1) is 31.9. The van der Waals surface area contributed by atoms with E-state index in [1.807, 2.05) is 0 Å². The van der Waals surface area contributed by atoms with Crippen molar-refractivity contribution in [3.63, 3.8) is 0 Å². The minimum atomic E-state index is -5.19. The largest absolute Gasteiger partial charge is 0.505 e. The van der Waals surface area contributed by atoms with Gasteiger partial charge in [0.2, 0.25) is 0 Å². The second-order valence-electron chi connectivity index (χ2n) is 13.5. The average molecular weight is 944 g/mol. The molecule has 0 spiro atoms. The van der Waals surface area contributed by atoms with Gasteiger partial charge in [-0.25, -0.2) is 19.2 Å². The van der Waals surface area contributed by atoms with Crippen molar-refractivity contribution in [1.29, 1.82) is 0 Å². The Hall–Kier alpha value is -8.72. The first-order valence-corrected chi connectivity index (χ1v) is 20.3. The minimum absolute atomic E-state index is 0.0199. The van der Waals surface area contributed by atoms with Gasteiger partial charge in [0.1, 0.15) is 58.1 Å². The summed E-state index contributed by atoms with van der Waals surface area (Å²) in [5.74, 6) is -7.83. The number of carbonyl (C=O) groups excluding carboxylic acids is 1. The topological polar surface area (TPSA) is 386 Å². The van der Waals surface area contributed by atoms with Crippen LogP contribution in [0.25, 0.3) is 10.8 Å². The molecule has 1 amide bonds. The number of azo groups is 2. The number of nitrogens with zero attached hydrogens (tertiary/aromatic N) is 7. The zero-order valence-corrected chi connectivity index (χ0v) is 34.7. The number of aliphatic hydroxyl groups is 2. The van der Waals surface area contributed by atoms with E-state index in [4.69, 9.17) is 19.3 Å². The molecule has 0 fully saturated rings. The van der Waals surface area contributed by atoms with E-state index in [1.54, 1.807) is 0 Å². The number of aliphatic carboxylic acids is 2. The molecular formula is C41H33N7O18S. The molecule has 25 nitrogen and oxygen atoms in total. The number of fused-ring (bicyclic) bond motifs is 1. The molecule has 8 N–H and O–H groups in total. The molecule has 1 heterocycles. The molecule has 1 aliphatic rings. The first-order valence-electron chi connectivity index (χ1n) is 18.9. The van der Waals surface area contributed by atoms with Crippen LogP contribution in [0.2, 0.25) is 0 Å². The Kier molecular flexibility index (Phi) is 14.5. The van der Waals surface area contributed by atoms with Crippen molar-refractivity contribution in [2.45, 2.75) is 10.9 Å². The molecule has 1 aliphatic heterocycles. The molecule has 0 bridgehead atoms. The van der Waals surface area contributed by atoms with E-state index in [9.17, 15) is 67.6 Å². The standard InChI is InChI=1S/C41H33N7O18S/c49-9-11-64-30-17-28(31(65-12-10-50)16-27(30)44-43-26-8-4-22(40(57)58)14-29(26)66-19-33(51)52)45-46-34-32(67(61,62)63)15-23-13-20(1-7-25(23)37(34)53)18-42-35-36(41(59)60)47-48(38(35)54)24-5-2-21(3-6-24)39(55)56/h1-8,13-18,35,49-50,53H,9-12,19H2,(H,51,52)(H,55,56)(H,57,58)(H,59,60)(H,61,62,63)/b42-18+,44-43+,46-45+. The van der Waals surface area contributed by atoms with E-state index in [1.165, 1.54) is 54.6 Å². The van der Waals surface area contributed by atoms with Gasteiger partial charge in [-0.05, 0) is 71.6 Å². The zero-order valence-electron chi connectivity index (χ0n) is 33.9. The minimum Gasteiger partial charge on any atom is -0.505 e. The molecule has 0 radical (unpaired) electrons. The number of hydrazone groups is 1. The lowest BCUT2D eigenvalue weighted by molar-refractivity contribution is -0.139. The highest BCUT2D eigenvalue weighted by molar-refractivity contribution is 7.86. The summed E-state index contributed by atoms with van der Waals surface area (Å²) >= 11 is 0. The molecular weight excluding hydrogens is 911 g/mol. The lowest BCUT2D eigenvalue weighted by Crippen LogP contribution is -2.33. The maximum Gasteiger partial charge on any atom is 0.354 e. The summed E-state index contributed by atoms with van der Waals surface area (Å²) in [6.45, 7) is -2.54. The molecule has 0 aliphatic carbocycles. The molecule has 67 heavy (non-hydrogen) atoms. The van der Waals surface area contributed by atoms with Crippen LogP contribution in [0.15, 0.2) is 114 Å². The van der Waals surface area contributed by atoms with Crippen LogP contribution in [-0.2, 0) is 24.5 Å². The van der Waals surface area contributed by atoms with Gasteiger partial charge in [-0.15, -0.1) is 20.5 Å². The predicted octanol–water partition coefficient (Wildman–Crippen LogP) is 4.50. The number of carboxylic acids is 4. The van der Waals surface area contributed by atoms with E-state index in [2.05, 4.69) is 30.6 Å². The van der Waals surface area contributed by atoms with Crippen LogP contribution in [0, 0.1) is 0 Å². The van der Waals surface area contributed by atoms with Crippen LogP contribution in [0.4, 0.5) is 28.4 Å². The summed E-state index contributed by atoms with van der Waals surface area (Å²) in [6, 6.07) is 13.8. The van der Waals surface area contributed by atoms with E-state index in [0.29, 0.717) is 0 Å². The summed E-state index contributed by atoms with van der Waals surface area (Å²) < 4.78 is 52.1. The number of benzene rings is 5. The molecule has 1 unspecified atom stereocenters. The van der Waals surface area contributed by atoms with Gasteiger partial charge in [0.25, 0.3) is 16.0 Å². The number of phenols is 1. The molecule has 0 saturated carbocycles. The molecule has 5 aromatic rings. The van der Waals surface area contributed by atoms with Crippen molar-refractivity contribution in [2.75, 3.05) is 38.0 Å². The quantitative estimate of drug-likeness (QED) is 0.0302. The van der Waals surface area contributed by atoms with Gasteiger partial charge in [-0.2, -0.15) is 18.5 Å². The third-order valence-corrected chi connectivity index (χ3v) is 9.90. The molecule has 1 atom stereocenters. The van der Waals surface area contributed by atoms with Crippen LogP contribution in [0.1, 0.15) is 26.3 Å². The highest BCUT2D eigenvalue weighted by atomic mass is 32.2. The number of hydrogen-bond donors (Lipinski definition) is 8. The highest BCUT2D eigenvalue weighted by Gasteiger charge is 2.40. The van der Waals surface area contributed by atoms with E-state index < -0.39 is 87.8 Å². The number of anilines is 1. The summed E-state index contributed by atoms with van der Waals surface area (Å²) in [6.07, 6.45) is 1.09. The number of aliphatic imine (C=N–C) groups is 1. The smallest absolute Gasteiger partial charge is 0.354 e. The maximum atomic E-state index is 13.3. The van der Waals surface area contributed by atoms with Crippen molar-refractivity contribution < 1.29 is 86.9 Å². The molecule has 0 saturated heterocycles. The van der Waals surface area contributed by atoms with E-state index in [0.717, 1.165) is 35.5 Å². The molecule has 26 heteroatoms. The van der Waals surface area contributed by atoms with Crippen molar-refractivity contribution in [3.05, 3.63) is 95.6 Å². The van der Waals surface area contributed by atoms with Gasteiger partial charge < -0.3 is 50.0 Å². The van der Waals surface area contributed by atoms with Crippen LogP contribution in [0.5, 0.6) is 23.0 Å². The second kappa shape index (κ2) is 20.4. The molecule has 0 aromatic heterocycles. The Morgan fingerprint density at radius 2 is 1.28 bits per heavy atom. The van der Waals surface area contributed by atoms with Gasteiger partial charge in [-0.3, -0.25) is 14.3 Å².